The molecule has 0 amide bonds. The summed E-state index contributed by atoms with van der Waals surface area (Å²) in [5, 5.41) is 0. The van der Waals surface area contributed by atoms with Gasteiger partial charge in [-0.3, -0.25) is 0 Å². The van der Waals surface area contributed by atoms with Crippen molar-refractivity contribution in [3.8, 4) is 0 Å². The van der Waals surface area contributed by atoms with E-state index in [-0.39, 0.29) is 5.97 Å². The molecule has 0 unspecified atom stereocenters. The first kappa shape index (κ1) is 19.2. The van der Waals surface area contributed by atoms with Crippen molar-refractivity contribution in [3.05, 3.63) is 64.3 Å². The SMILES string of the molecule is CCc1ccc(C2=CCOC2=O)cc1CC/C=C(\C)CCC=C(C)C. The van der Waals surface area contributed by atoms with E-state index >= 15 is 0 Å². The lowest BCUT2D eigenvalue weighted by Gasteiger charge is -2.10. The van der Waals surface area contributed by atoms with Crippen LogP contribution in [-0.4, -0.2) is 12.6 Å². The van der Waals surface area contributed by atoms with Crippen LogP contribution in [0.4, 0.5) is 0 Å². The number of cyclic esters (lactones) is 1. The van der Waals surface area contributed by atoms with E-state index in [9.17, 15) is 4.79 Å². The van der Waals surface area contributed by atoms with E-state index in [1.165, 1.54) is 22.3 Å². The zero-order chi connectivity index (χ0) is 18.2. The number of hydrogen-bond acceptors (Lipinski definition) is 2. The summed E-state index contributed by atoms with van der Waals surface area (Å²) in [6.45, 7) is 9.09. The molecule has 0 bridgehead atoms. The highest BCUT2D eigenvalue weighted by Gasteiger charge is 2.19. The second-order valence-corrected chi connectivity index (χ2v) is 6.96. The molecule has 2 heteroatoms. The summed E-state index contributed by atoms with van der Waals surface area (Å²) in [4.78, 5) is 11.8. The third kappa shape index (κ3) is 5.74. The molecule has 0 radical (unpaired) electrons. The Hall–Kier alpha value is -2.09. The maximum absolute atomic E-state index is 11.8. The van der Waals surface area contributed by atoms with Crippen LogP contribution >= 0.6 is 0 Å². The number of rotatable bonds is 8. The van der Waals surface area contributed by atoms with Gasteiger partial charge in [0.2, 0.25) is 0 Å². The Bertz CT molecular complexity index is 701. The molecule has 1 aliphatic heterocycles. The van der Waals surface area contributed by atoms with Crippen molar-refractivity contribution in [1.29, 1.82) is 0 Å². The van der Waals surface area contributed by atoms with Gasteiger partial charge in [0.25, 0.3) is 0 Å². The number of carbonyl (C=O) groups is 1. The van der Waals surface area contributed by atoms with Gasteiger partial charge in [0.15, 0.2) is 0 Å². The smallest absolute Gasteiger partial charge is 0.338 e. The maximum atomic E-state index is 11.8. The van der Waals surface area contributed by atoms with E-state index in [2.05, 4.69) is 52.0 Å². The monoisotopic (exact) mass is 338 g/mol. The normalized spacial score (nSPS) is 14.3. The number of esters is 1. The van der Waals surface area contributed by atoms with Gasteiger partial charge in [-0.2, -0.15) is 0 Å². The summed E-state index contributed by atoms with van der Waals surface area (Å²) >= 11 is 0. The third-order valence-corrected chi connectivity index (χ3v) is 4.62. The van der Waals surface area contributed by atoms with Crippen LogP contribution in [0.25, 0.3) is 5.57 Å². The van der Waals surface area contributed by atoms with Crippen molar-refractivity contribution >= 4 is 11.5 Å². The van der Waals surface area contributed by atoms with Crippen LogP contribution < -0.4 is 0 Å². The number of hydrogen-bond donors (Lipinski definition) is 0. The number of carbonyl (C=O) groups excluding carboxylic acids is 1. The number of allylic oxidation sites excluding steroid dienone is 4. The molecule has 0 spiro atoms. The molecule has 1 aromatic carbocycles. The average molecular weight is 338 g/mol. The molecule has 0 N–H and O–H groups in total. The highest BCUT2D eigenvalue weighted by Crippen LogP contribution is 2.24. The predicted molar refractivity (Wildman–Crippen MR) is 105 cm³/mol. The molecule has 134 valence electrons. The summed E-state index contributed by atoms with van der Waals surface area (Å²) in [5.41, 5.74) is 7.24. The van der Waals surface area contributed by atoms with Crippen LogP contribution in [0, 0.1) is 0 Å². The van der Waals surface area contributed by atoms with Gasteiger partial charge in [-0.1, -0.05) is 48.4 Å². The molecule has 1 aliphatic rings. The van der Waals surface area contributed by atoms with E-state index in [0.717, 1.165) is 37.7 Å². The summed E-state index contributed by atoms with van der Waals surface area (Å²) in [6.07, 6.45) is 11.8. The summed E-state index contributed by atoms with van der Waals surface area (Å²) < 4.78 is 5.04. The number of aryl methyl sites for hydroxylation is 2. The fourth-order valence-electron chi connectivity index (χ4n) is 3.13. The van der Waals surface area contributed by atoms with Crippen molar-refractivity contribution in [2.45, 2.75) is 59.8 Å². The van der Waals surface area contributed by atoms with Gasteiger partial charge in [-0.15, -0.1) is 0 Å². The first-order chi connectivity index (χ1) is 12.0. The van der Waals surface area contributed by atoms with Gasteiger partial charge < -0.3 is 4.74 Å². The Labute approximate surface area is 152 Å². The van der Waals surface area contributed by atoms with Crippen LogP contribution in [0.5, 0.6) is 0 Å². The van der Waals surface area contributed by atoms with E-state index < -0.39 is 0 Å². The van der Waals surface area contributed by atoms with E-state index in [4.69, 9.17) is 4.74 Å². The maximum Gasteiger partial charge on any atom is 0.338 e. The highest BCUT2D eigenvalue weighted by molar-refractivity contribution is 6.18. The first-order valence-electron chi connectivity index (χ1n) is 9.29. The third-order valence-electron chi connectivity index (χ3n) is 4.62. The van der Waals surface area contributed by atoms with Gasteiger partial charge in [-0.25, -0.2) is 4.79 Å². The minimum absolute atomic E-state index is 0.204. The largest absolute Gasteiger partial charge is 0.458 e. The molecule has 2 rings (SSSR count). The zero-order valence-corrected chi connectivity index (χ0v) is 16.0. The molecule has 0 aliphatic carbocycles. The fourth-order valence-corrected chi connectivity index (χ4v) is 3.13. The average Bonchev–Trinajstić information content (AvgIpc) is 3.00. The lowest BCUT2D eigenvalue weighted by molar-refractivity contribution is -0.133. The summed E-state index contributed by atoms with van der Waals surface area (Å²) in [5.74, 6) is -0.204. The van der Waals surface area contributed by atoms with E-state index in [1.54, 1.807) is 0 Å². The van der Waals surface area contributed by atoms with Crippen LogP contribution in [0.1, 0.15) is 63.6 Å². The van der Waals surface area contributed by atoms with Crippen molar-refractivity contribution in [1.82, 2.24) is 0 Å². The van der Waals surface area contributed by atoms with E-state index in [0.29, 0.717) is 12.2 Å². The molecule has 1 aromatic rings. The van der Waals surface area contributed by atoms with Crippen LogP contribution in [-0.2, 0) is 22.4 Å². The minimum atomic E-state index is -0.204. The van der Waals surface area contributed by atoms with Crippen molar-refractivity contribution < 1.29 is 9.53 Å². The minimum Gasteiger partial charge on any atom is -0.458 e. The Kier molecular flexibility index (Phi) is 7.24. The van der Waals surface area contributed by atoms with Gasteiger partial charge in [0.1, 0.15) is 6.61 Å². The second kappa shape index (κ2) is 9.41. The highest BCUT2D eigenvalue weighted by atomic mass is 16.5. The molecular weight excluding hydrogens is 308 g/mol. The Morgan fingerprint density at radius 3 is 2.56 bits per heavy atom. The second-order valence-electron chi connectivity index (χ2n) is 6.96. The topological polar surface area (TPSA) is 26.3 Å². The molecule has 0 aromatic heterocycles. The molecule has 0 saturated heterocycles. The lowest BCUT2D eigenvalue weighted by atomic mass is 9.95. The lowest BCUT2D eigenvalue weighted by Crippen LogP contribution is -2.01. The Morgan fingerprint density at radius 1 is 1.12 bits per heavy atom. The quantitative estimate of drug-likeness (QED) is 0.441. The molecule has 2 nitrogen and oxygen atoms in total. The molecule has 0 saturated carbocycles. The Morgan fingerprint density at radius 2 is 1.92 bits per heavy atom. The van der Waals surface area contributed by atoms with Crippen LogP contribution in [0.2, 0.25) is 0 Å². The summed E-state index contributed by atoms with van der Waals surface area (Å²) in [7, 11) is 0. The van der Waals surface area contributed by atoms with Crippen molar-refractivity contribution in [2.24, 2.45) is 0 Å². The van der Waals surface area contributed by atoms with Crippen molar-refractivity contribution in [2.75, 3.05) is 6.61 Å². The van der Waals surface area contributed by atoms with Crippen LogP contribution in [0.15, 0.2) is 47.6 Å². The van der Waals surface area contributed by atoms with Crippen molar-refractivity contribution in [3.63, 3.8) is 0 Å². The van der Waals surface area contributed by atoms with Gasteiger partial charge >= 0.3 is 5.97 Å². The van der Waals surface area contributed by atoms with E-state index in [1.807, 2.05) is 12.1 Å². The van der Waals surface area contributed by atoms with Gasteiger partial charge in [-0.05, 0) is 75.6 Å². The molecule has 1 heterocycles. The predicted octanol–water partition coefficient (Wildman–Crippen LogP) is 5.81. The zero-order valence-electron chi connectivity index (χ0n) is 16.0. The molecule has 25 heavy (non-hydrogen) atoms. The first-order valence-corrected chi connectivity index (χ1v) is 9.29. The molecular formula is C23H30O2. The molecule has 0 atom stereocenters. The standard InChI is InChI=1S/C23H30O2/c1-5-19-12-13-21(22-14-15-25-23(22)24)16-20(19)11-7-10-18(4)9-6-8-17(2)3/h8,10,12-14,16H,5-7,9,11,15H2,1-4H3/b18-10+. The number of benzene rings is 1. The van der Waals surface area contributed by atoms with Gasteiger partial charge in [0, 0.05) is 0 Å². The Balaban J connectivity index is 2.02. The van der Waals surface area contributed by atoms with Gasteiger partial charge in [0.05, 0.1) is 5.57 Å². The fraction of sp³-hybridized carbons (Fsp3) is 0.435. The number of ether oxygens (including phenoxy) is 1. The molecule has 0 fully saturated rings. The van der Waals surface area contributed by atoms with Crippen LogP contribution in [0.3, 0.4) is 0 Å². The summed E-state index contributed by atoms with van der Waals surface area (Å²) in [6, 6.07) is 6.37.